The third kappa shape index (κ3) is 4.18. The molecule has 2 aliphatic heterocycles. The van der Waals surface area contributed by atoms with Gasteiger partial charge in [0.05, 0.1) is 37.8 Å². The normalized spacial score (nSPS) is 18.6. The van der Waals surface area contributed by atoms with Crippen LogP contribution in [0.2, 0.25) is 0 Å². The average Bonchev–Trinajstić information content (AvgIpc) is 3.21. The molecule has 0 radical (unpaired) electrons. The predicted octanol–water partition coefficient (Wildman–Crippen LogP) is 1.66. The van der Waals surface area contributed by atoms with Crippen LogP contribution in [0.25, 0.3) is 0 Å². The van der Waals surface area contributed by atoms with E-state index in [1.807, 2.05) is 28.6 Å². The maximum absolute atomic E-state index is 12.9. The number of rotatable bonds is 5. The second kappa shape index (κ2) is 8.87. The number of ether oxygens (including phenoxy) is 2. The van der Waals surface area contributed by atoms with E-state index in [4.69, 9.17) is 9.47 Å². The zero-order valence-electron chi connectivity index (χ0n) is 17.5. The molecule has 0 saturated carbocycles. The lowest BCUT2D eigenvalue weighted by atomic mass is 9.94. The molecule has 1 fully saturated rings. The molecular formula is C22H28N4O4. The fraction of sp³-hybridized carbons (Fsp3) is 0.500. The van der Waals surface area contributed by atoms with Crippen LogP contribution in [0, 0.1) is 12.8 Å². The number of nitrogens with zero attached hydrogens (tertiary/aromatic N) is 3. The molecule has 2 aliphatic rings. The van der Waals surface area contributed by atoms with Crippen LogP contribution in [0.5, 0.6) is 5.75 Å². The number of methoxy groups -OCH3 is 1. The Labute approximate surface area is 176 Å². The number of fused-ring (bicyclic) bond motifs is 1. The van der Waals surface area contributed by atoms with Crippen LogP contribution in [0.1, 0.15) is 38.4 Å². The lowest BCUT2D eigenvalue weighted by Crippen LogP contribution is -2.41. The van der Waals surface area contributed by atoms with Gasteiger partial charge in [-0.3, -0.25) is 14.3 Å². The highest BCUT2D eigenvalue weighted by Crippen LogP contribution is 2.24. The van der Waals surface area contributed by atoms with Gasteiger partial charge in [-0.25, -0.2) is 0 Å². The van der Waals surface area contributed by atoms with Crippen molar-refractivity contribution in [2.45, 2.75) is 26.3 Å². The van der Waals surface area contributed by atoms with Crippen LogP contribution in [-0.4, -0.2) is 66.5 Å². The average molecular weight is 412 g/mol. The van der Waals surface area contributed by atoms with E-state index in [-0.39, 0.29) is 17.7 Å². The standard InChI is InChI=1S/C22H28N4O4/c1-15-3-4-17(12-20(15)29-2)21(27)23-13-16-5-6-26-19(11-16)18(14-24-26)22(28)25-7-9-30-10-8-25/h3-4,12,14,16H,5-11,13H2,1-2H3,(H,23,27)/t16-/m0/s1. The van der Waals surface area contributed by atoms with Gasteiger partial charge in [-0.05, 0) is 43.4 Å². The Hall–Kier alpha value is -2.87. The highest BCUT2D eigenvalue weighted by Gasteiger charge is 2.28. The lowest BCUT2D eigenvalue weighted by molar-refractivity contribution is 0.0301. The quantitative estimate of drug-likeness (QED) is 0.807. The molecule has 1 N–H and O–H groups in total. The molecule has 8 nitrogen and oxygen atoms in total. The highest BCUT2D eigenvalue weighted by molar-refractivity contribution is 5.95. The summed E-state index contributed by atoms with van der Waals surface area (Å²) in [5.74, 6) is 0.880. The maximum Gasteiger partial charge on any atom is 0.257 e. The summed E-state index contributed by atoms with van der Waals surface area (Å²) < 4.78 is 12.6. The summed E-state index contributed by atoms with van der Waals surface area (Å²) in [5, 5.41) is 7.45. The molecule has 1 atom stereocenters. The molecule has 4 rings (SSSR count). The summed E-state index contributed by atoms with van der Waals surface area (Å²) in [6.45, 7) is 5.64. The number of morpholine rings is 1. The first kappa shape index (κ1) is 20.4. The molecule has 160 valence electrons. The first-order chi connectivity index (χ1) is 14.6. The maximum atomic E-state index is 12.9. The van der Waals surface area contributed by atoms with Crippen LogP contribution in [0.15, 0.2) is 24.4 Å². The Morgan fingerprint density at radius 1 is 1.27 bits per heavy atom. The topological polar surface area (TPSA) is 85.7 Å². The van der Waals surface area contributed by atoms with Crippen molar-refractivity contribution in [1.29, 1.82) is 0 Å². The molecule has 30 heavy (non-hydrogen) atoms. The Bertz CT molecular complexity index is 933. The van der Waals surface area contributed by atoms with Crippen molar-refractivity contribution in [2.24, 2.45) is 5.92 Å². The number of aryl methyl sites for hydroxylation is 2. The van der Waals surface area contributed by atoms with Crippen molar-refractivity contribution < 1.29 is 19.1 Å². The van der Waals surface area contributed by atoms with Crippen molar-refractivity contribution in [3.05, 3.63) is 46.8 Å². The van der Waals surface area contributed by atoms with E-state index >= 15 is 0 Å². The van der Waals surface area contributed by atoms with E-state index in [2.05, 4.69) is 10.4 Å². The van der Waals surface area contributed by atoms with Gasteiger partial charge in [-0.15, -0.1) is 0 Å². The predicted molar refractivity (Wildman–Crippen MR) is 111 cm³/mol. The number of benzene rings is 1. The number of nitrogens with one attached hydrogen (secondary N) is 1. The van der Waals surface area contributed by atoms with Gasteiger partial charge >= 0.3 is 0 Å². The molecule has 1 saturated heterocycles. The summed E-state index contributed by atoms with van der Waals surface area (Å²) in [6, 6.07) is 5.46. The molecule has 1 aromatic carbocycles. The van der Waals surface area contributed by atoms with Crippen molar-refractivity contribution in [2.75, 3.05) is 40.0 Å². The minimum Gasteiger partial charge on any atom is -0.496 e. The summed E-state index contributed by atoms with van der Waals surface area (Å²) in [7, 11) is 1.60. The molecule has 2 aromatic rings. The Kier molecular flexibility index (Phi) is 6.03. The van der Waals surface area contributed by atoms with Crippen LogP contribution in [0.3, 0.4) is 0 Å². The van der Waals surface area contributed by atoms with Crippen LogP contribution >= 0.6 is 0 Å². The van der Waals surface area contributed by atoms with Crippen LogP contribution in [-0.2, 0) is 17.7 Å². The minimum atomic E-state index is -0.114. The minimum absolute atomic E-state index is 0.0241. The van der Waals surface area contributed by atoms with Gasteiger partial charge in [0.25, 0.3) is 11.8 Å². The van der Waals surface area contributed by atoms with Gasteiger partial charge < -0.3 is 19.7 Å². The van der Waals surface area contributed by atoms with Gasteiger partial charge in [0.1, 0.15) is 5.75 Å². The molecule has 2 amide bonds. The Morgan fingerprint density at radius 3 is 2.83 bits per heavy atom. The number of amides is 2. The molecule has 1 aromatic heterocycles. The zero-order chi connectivity index (χ0) is 21.1. The van der Waals surface area contributed by atoms with Gasteiger partial charge in [0.2, 0.25) is 0 Å². The summed E-state index contributed by atoms with van der Waals surface area (Å²) in [6.07, 6.45) is 3.33. The van der Waals surface area contributed by atoms with Crippen molar-refractivity contribution in [3.63, 3.8) is 0 Å². The van der Waals surface area contributed by atoms with Gasteiger partial charge in [-0.2, -0.15) is 5.10 Å². The van der Waals surface area contributed by atoms with Crippen molar-refractivity contribution >= 4 is 11.8 Å². The molecular weight excluding hydrogens is 384 g/mol. The summed E-state index contributed by atoms with van der Waals surface area (Å²) in [4.78, 5) is 27.3. The molecule has 0 aliphatic carbocycles. The second-order valence-electron chi connectivity index (χ2n) is 7.89. The number of carbonyl (C=O) groups excluding carboxylic acids is 2. The SMILES string of the molecule is COc1cc(C(=O)NC[C@H]2CCn3ncc(C(=O)N4CCOCC4)c3C2)ccc1C. The van der Waals surface area contributed by atoms with E-state index in [0.717, 1.165) is 30.6 Å². The lowest BCUT2D eigenvalue weighted by Gasteiger charge is -2.28. The Balaban J connectivity index is 1.39. The smallest absolute Gasteiger partial charge is 0.257 e. The largest absolute Gasteiger partial charge is 0.496 e. The van der Waals surface area contributed by atoms with Crippen molar-refractivity contribution in [1.82, 2.24) is 20.0 Å². The Morgan fingerprint density at radius 2 is 2.07 bits per heavy atom. The fourth-order valence-corrected chi connectivity index (χ4v) is 4.09. The van der Waals surface area contributed by atoms with E-state index < -0.39 is 0 Å². The van der Waals surface area contributed by atoms with Gasteiger partial charge in [0.15, 0.2) is 0 Å². The first-order valence-electron chi connectivity index (χ1n) is 10.4. The van der Waals surface area contributed by atoms with E-state index in [1.165, 1.54) is 0 Å². The van der Waals surface area contributed by atoms with Gasteiger partial charge in [-0.1, -0.05) is 6.07 Å². The number of hydrogen-bond acceptors (Lipinski definition) is 5. The number of carbonyl (C=O) groups is 2. The van der Waals surface area contributed by atoms with Gasteiger partial charge in [0, 0.05) is 31.7 Å². The number of hydrogen-bond donors (Lipinski definition) is 1. The van der Waals surface area contributed by atoms with Crippen LogP contribution in [0.4, 0.5) is 0 Å². The third-order valence-electron chi connectivity index (χ3n) is 5.93. The summed E-state index contributed by atoms with van der Waals surface area (Å²) >= 11 is 0. The van der Waals surface area contributed by atoms with E-state index in [1.54, 1.807) is 19.4 Å². The summed E-state index contributed by atoms with van der Waals surface area (Å²) in [5.41, 5.74) is 3.22. The molecule has 8 heteroatoms. The molecule has 0 spiro atoms. The third-order valence-corrected chi connectivity index (χ3v) is 5.93. The monoisotopic (exact) mass is 412 g/mol. The first-order valence-corrected chi connectivity index (χ1v) is 10.4. The fourth-order valence-electron chi connectivity index (χ4n) is 4.09. The number of aromatic nitrogens is 2. The van der Waals surface area contributed by atoms with E-state index in [9.17, 15) is 9.59 Å². The van der Waals surface area contributed by atoms with Crippen molar-refractivity contribution in [3.8, 4) is 5.75 Å². The molecule has 3 heterocycles. The van der Waals surface area contributed by atoms with Crippen LogP contribution < -0.4 is 10.1 Å². The second-order valence-corrected chi connectivity index (χ2v) is 7.89. The van der Waals surface area contributed by atoms with E-state index in [0.29, 0.717) is 49.7 Å². The molecule has 0 bridgehead atoms. The molecule has 0 unspecified atom stereocenters. The highest BCUT2D eigenvalue weighted by atomic mass is 16.5. The zero-order valence-corrected chi connectivity index (χ0v) is 17.5.